The Balaban J connectivity index is 2.33. The lowest BCUT2D eigenvalue weighted by molar-refractivity contribution is -0.136. The van der Waals surface area contributed by atoms with Gasteiger partial charge in [0, 0.05) is 24.2 Å². The van der Waals surface area contributed by atoms with Crippen molar-refractivity contribution in [1.29, 1.82) is 0 Å². The van der Waals surface area contributed by atoms with Crippen LogP contribution in [0.25, 0.3) is 0 Å². The van der Waals surface area contributed by atoms with Crippen LogP contribution in [0.3, 0.4) is 0 Å². The minimum absolute atomic E-state index is 0.121. The number of likely N-dealkylation sites (tertiary alicyclic amines) is 1. The Morgan fingerprint density at radius 1 is 1.35 bits per heavy atom. The summed E-state index contributed by atoms with van der Waals surface area (Å²) in [6.07, 6.45) is 2.47. The van der Waals surface area contributed by atoms with Crippen molar-refractivity contribution < 1.29 is 4.79 Å². The number of halogens is 1. The van der Waals surface area contributed by atoms with Gasteiger partial charge in [-0.3, -0.25) is 4.79 Å². The zero-order chi connectivity index (χ0) is 14.8. The third kappa shape index (κ3) is 2.70. The van der Waals surface area contributed by atoms with Gasteiger partial charge in [-0.15, -0.1) is 0 Å². The summed E-state index contributed by atoms with van der Waals surface area (Å²) >= 11 is 5.96. The van der Waals surface area contributed by atoms with Gasteiger partial charge in [-0.25, -0.2) is 0 Å². The van der Waals surface area contributed by atoms with Crippen LogP contribution >= 0.6 is 11.6 Å². The molecule has 1 fully saturated rings. The third-order valence-electron chi connectivity index (χ3n) is 4.53. The molecule has 110 valence electrons. The van der Waals surface area contributed by atoms with Gasteiger partial charge < -0.3 is 10.6 Å². The van der Waals surface area contributed by atoms with Crippen LogP contribution in [0.2, 0.25) is 5.02 Å². The molecule has 1 amide bonds. The van der Waals surface area contributed by atoms with Crippen LogP contribution in [-0.4, -0.2) is 29.9 Å². The predicted octanol–water partition coefficient (Wildman–Crippen LogP) is 2.96. The molecule has 20 heavy (non-hydrogen) atoms. The van der Waals surface area contributed by atoms with Crippen molar-refractivity contribution in [1.82, 2.24) is 4.90 Å². The maximum atomic E-state index is 13.0. The van der Waals surface area contributed by atoms with E-state index in [1.165, 1.54) is 0 Å². The van der Waals surface area contributed by atoms with Crippen molar-refractivity contribution in [2.75, 3.05) is 13.1 Å². The number of carbonyl (C=O) groups is 1. The Morgan fingerprint density at radius 3 is 2.40 bits per heavy atom. The van der Waals surface area contributed by atoms with Gasteiger partial charge in [0.1, 0.15) is 0 Å². The maximum Gasteiger partial charge on any atom is 0.233 e. The molecule has 0 bridgehead atoms. The van der Waals surface area contributed by atoms with Gasteiger partial charge in [-0.1, -0.05) is 37.6 Å². The molecule has 1 saturated heterocycles. The first-order chi connectivity index (χ1) is 9.53. The Labute approximate surface area is 126 Å². The van der Waals surface area contributed by atoms with Crippen molar-refractivity contribution in [2.24, 2.45) is 5.73 Å². The summed E-state index contributed by atoms with van der Waals surface area (Å²) in [4.78, 5) is 14.9. The second kappa shape index (κ2) is 6.15. The number of hydrogen-bond donors (Lipinski definition) is 1. The second-order valence-electron chi connectivity index (χ2n) is 5.60. The molecule has 4 heteroatoms. The molecule has 0 aromatic heterocycles. The molecule has 0 saturated carbocycles. The molecule has 1 aromatic rings. The quantitative estimate of drug-likeness (QED) is 0.928. The molecule has 0 spiro atoms. The van der Waals surface area contributed by atoms with Gasteiger partial charge in [0.25, 0.3) is 0 Å². The molecule has 1 heterocycles. The van der Waals surface area contributed by atoms with E-state index < -0.39 is 5.41 Å². The highest BCUT2D eigenvalue weighted by molar-refractivity contribution is 6.30. The van der Waals surface area contributed by atoms with E-state index in [1.54, 1.807) is 0 Å². The minimum Gasteiger partial charge on any atom is -0.340 e. The molecule has 0 radical (unpaired) electrons. The summed E-state index contributed by atoms with van der Waals surface area (Å²) in [5, 5.41) is 0.700. The number of carbonyl (C=O) groups excluding carboxylic acids is 1. The maximum absolute atomic E-state index is 13.0. The lowest BCUT2D eigenvalue weighted by atomic mass is 9.74. The van der Waals surface area contributed by atoms with E-state index >= 15 is 0 Å². The van der Waals surface area contributed by atoms with Crippen LogP contribution in [0.15, 0.2) is 24.3 Å². The van der Waals surface area contributed by atoms with Crippen LogP contribution in [0.5, 0.6) is 0 Å². The van der Waals surface area contributed by atoms with Crippen molar-refractivity contribution in [3.8, 4) is 0 Å². The monoisotopic (exact) mass is 294 g/mol. The minimum atomic E-state index is -0.450. The van der Waals surface area contributed by atoms with Gasteiger partial charge in [0.2, 0.25) is 5.91 Å². The summed E-state index contributed by atoms with van der Waals surface area (Å²) in [5.74, 6) is 0.206. The van der Waals surface area contributed by atoms with E-state index in [4.69, 9.17) is 17.3 Å². The van der Waals surface area contributed by atoms with Gasteiger partial charge in [0.05, 0.1) is 5.41 Å². The Hall–Kier alpha value is -1.06. The fourth-order valence-corrected chi connectivity index (χ4v) is 3.25. The zero-order valence-corrected chi connectivity index (χ0v) is 13.0. The second-order valence-corrected chi connectivity index (χ2v) is 6.03. The van der Waals surface area contributed by atoms with Crippen molar-refractivity contribution in [2.45, 2.75) is 44.6 Å². The lowest BCUT2D eigenvalue weighted by Gasteiger charge is -2.35. The molecule has 2 rings (SSSR count). The number of rotatable bonds is 4. The number of amides is 1. The van der Waals surface area contributed by atoms with E-state index in [9.17, 15) is 4.79 Å². The summed E-state index contributed by atoms with van der Waals surface area (Å²) < 4.78 is 0. The first kappa shape index (κ1) is 15.3. The molecular formula is C16H23ClN2O. The van der Waals surface area contributed by atoms with Crippen molar-refractivity contribution in [3.05, 3.63) is 34.9 Å². The molecule has 3 nitrogen and oxygen atoms in total. The fourth-order valence-electron chi connectivity index (χ4n) is 3.13. The number of benzene rings is 1. The van der Waals surface area contributed by atoms with Gasteiger partial charge in [-0.2, -0.15) is 0 Å². The average molecular weight is 295 g/mol. The molecule has 0 aliphatic carbocycles. The van der Waals surface area contributed by atoms with E-state index in [1.807, 2.05) is 29.2 Å². The summed E-state index contributed by atoms with van der Waals surface area (Å²) in [7, 11) is 0. The zero-order valence-electron chi connectivity index (χ0n) is 12.2. The highest BCUT2D eigenvalue weighted by Gasteiger charge is 2.41. The van der Waals surface area contributed by atoms with E-state index in [0.29, 0.717) is 11.6 Å². The standard InChI is InChI=1S/C16H23ClN2O/c1-3-16(4-2,12-5-7-13(17)8-6-12)15(20)19-10-9-14(18)11-19/h5-8,14H,3-4,9-11,18H2,1-2H3/t14-/m1/s1. The molecule has 1 aromatic carbocycles. The average Bonchev–Trinajstić information content (AvgIpc) is 2.89. The Bertz CT molecular complexity index is 468. The predicted molar refractivity (Wildman–Crippen MR) is 82.9 cm³/mol. The molecule has 1 atom stereocenters. The molecule has 0 unspecified atom stereocenters. The highest BCUT2D eigenvalue weighted by Crippen LogP contribution is 2.35. The molecule has 2 N–H and O–H groups in total. The highest BCUT2D eigenvalue weighted by atomic mass is 35.5. The van der Waals surface area contributed by atoms with E-state index in [-0.39, 0.29) is 11.9 Å². The van der Waals surface area contributed by atoms with Crippen LogP contribution in [0.4, 0.5) is 0 Å². The Morgan fingerprint density at radius 2 is 1.95 bits per heavy atom. The van der Waals surface area contributed by atoms with Gasteiger partial charge in [0.15, 0.2) is 0 Å². The van der Waals surface area contributed by atoms with Crippen molar-refractivity contribution >= 4 is 17.5 Å². The van der Waals surface area contributed by atoms with Crippen LogP contribution in [0, 0.1) is 0 Å². The molecular weight excluding hydrogens is 272 g/mol. The van der Waals surface area contributed by atoms with Crippen molar-refractivity contribution in [3.63, 3.8) is 0 Å². The van der Waals surface area contributed by atoms with Gasteiger partial charge >= 0.3 is 0 Å². The summed E-state index contributed by atoms with van der Waals surface area (Å²) in [6, 6.07) is 7.79. The normalized spacial score (nSPS) is 19.4. The SMILES string of the molecule is CCC(CC)(C(=O)N1CC[C@@H](N)C1)c1ccc(Cl)cc1. The smallest absolute Gasteiger partial charge is 0.233 e. The summed E-state index contributed by atoms with van der Waals surface area (Å²) in [5.41, 5.74) is 6.54. The first-order valence-electron chi connectivity index (χ1n) is 7.34. The van der Waals surface area contributed by atoms with E-state index in [0.717, 1.165) is 31.4 Å². The number of nitrogens with two attached hydrogens (primary N) is 1. The Kier molecular flexibility index (Phi) is 4.71. The third-order valence-corrected chi connectivity index (χ3v) is 4.78. The van der Waals surface area contributed by atoms with Crippen LogP contribution < -0.4 is 5.73 Å². The van der Waals surface area contributed by atoms with Crippen LogP contribution in [0.1, 0.15) is 38.7 Å². The van der Waals surface area contributed by atoms with E-state index in [2.05, 4.69) is 13.8 Å². The number of hydrogen-bond acceptors (Lipinski definition) is 2. The van der Waals surface area contributed by atoms with Gasteiger partial charge in [-0.05, 0) is 37.0 Å². The first-order valence-corrected chi connectivity index (χ1v) is 7.72. The number of nitrogens with zero attached hydrogens (tertiary/aromatic N) is 1. The fraction of sp³-hybridized carbons (Fsp3) is 0.562. The largest absolute Gasteiger partial charge is 0.340 e. The van der Waals surface area contributed by atoms with Crippen LogP contribution in [-0.2, 0) is 10.2 Å². The topological polar surface area (TPSA) is 46.3 Å². The molecule has 1 aliphatic rings. The molecule has 1 aliphatic heterocycles. The summed E-state index contributed by atoms with van der Waals surface area (Å²) in [6.45, 7) is 5.60. The lowest BCUT2D eigenvalue weighted by Crippen LogP contribution is -2.46.